The molecule has 10 heavy (non-hydrogen) atoms. The zero-order valence-corrected chi connectivity index (χ0v) is 7.77. The molecule has 0 aromatic heterocycles. The van der Waals surface area contributed by atoms with Crippen molar-refractivity contribution >= 4 is 45.6 Å². The smallest absolute Gasteiger partial charge is 0.0609 e. The van der Waals surface area contributed by atoms with Gasteiger partial charge in [-0.25, -0.2) is 0 Å². The first-order valence-electron chi connectivity index (χ1n) is 2.93. The zero-order valence-electron chi connectivity index (χ0n) is 5.61. The number of halogens is 1. The summed E-state index contributed by atoms with van der Waals surface area (Å²) in [5.74, 6) is 0. The van der Waals surface area contributed by atoms with Gasteiger partial charge in [-0.05, 0) is 53.6 Å². The minimum Gasteiger partial charge on any atom is -0.0609 e. The lowest BCUT2D eigenvalue weighted by molar-refractivity contribution is 1.31. The highest BCUT2D eigenvalue weighted by Gasteiger charge is 1.93. The van der Waals surface area contributed by atoms with E-state index >= 15 is 0 Å². The highest BCUT2D eigenvalue weighted by atomic mass is 127. The largest absolute Gasteiger partial charge is 0.316 e. The number of hydrogen-bond acceptors (Lipinski definition) is 0. The van der Waals surface area contributed by atoms with Crippen LogP contribution in [-0.2, 0) is 0 Å². The average Bonchev–Trinajstić information content (AvgIpc) is 1.83. The molecular formula is C8H11IMg. The first-order chi connectivity index (χ1) is 4.22. The average molecular weight is 258 g/mol. The molecule has 0 nitrogen and oxygen atoms in total. The summed E-state index contributed by atoms with van der Waals surface area (Å²) >= 11 is 2.35. The monoisotopic (exact) mass is 258 g/mol. The number of rotatable bonds is 0. The van der Waals surface area contributed by atoms with Crippen LogP contribution in [-0.4, -0.2) is 23.1 Å². The third-order valence-corrected chi connectivity index (χ3v) is 2.71. The van der Waals surface area contributed by atoms with Crippen LogP contribution in [0, 0.1) is 17.4 Å². The zero-order chi connectivity index (χ0) is 6.85. The molecule has 1 aromatic rings. The second-order valence-corrected chi connectivity index (χ2v) is 3.34. The molecule has 0 radical (unpaired) electrons. The van der Waals surface area contributed by atoms with Crippen molar-refractivity contribution < 1.29 is 0 Å². The van der Waals surface area contributed by atoms with Crippen molar-refractivity contribution in [2.45, 2.75) is 13.8 Å². The fourth-order valence-electron chi connectivity index (χ4n) is 0.715. The van der Waals surface area contributed by atoms with E-state index in [0.717, 1.165) is 0 Å². The molecule has 0 amide bonds. The predicted octanol–water partition coefficient (Wildman–Crippen LogP) is 1.99. The lowest BCUT2D eigenvalue weighted by Gasteiger charge is -1.99. The second-order valence-electron chi connectivity index (χ2n) is 2.18. The molecule has 0 atom stereocenters. The van der Waals surface area contributed by atoms with Gasteiger partial charge in [0.2, 0.25) is 0 Å². The molecule has 0 heterocycles. The van der Waals surface area contributed by atoms with Gasteiger partial charge in [-0.15, -0.1) is 0 Å². The van der Waals surface area contributed by atoms with E-state index in [1.807, 2.05) is 0 Å². The van der Waals surface area contributed by atoms with E-state index in [-0.39, 0.29) is 23.1 Å². The summed E-state index contributed by atoms with van der Waals surface area (Å²) in [5, 5.41) is 0. The van der Waals surface area contributed by atoms with Crippen molar-refractivity contribution in [2.75, 3.05) is 0 Å². The van der Waals surface area contributed by atoms with Crippen molar-refractivity contribution in [1.29, 1.82) is 0 Å². The fraction of sp³-hybridized carbons (Fsp3) is 0.250. The summed E-state index contributed by atoms with van der Waals surface area (Å²) in [5.41, 5.74) is 2.78. The molecule has 0 unspecified atom stereocenters. The van der Waals surface area contributed by atoms with Crippen molar-refractivity contribution in [1.82, 2.24) is 0 Å². The van der Waals surface area contributed by atoms with Crippen LogP contribution in [0.4, 0.5) is 0 Å². The Labute approximate surface area is 91.7 Å². The first-order valence-corrected chi connectivity index (χ1v) is 4.01. The summed E-state index contributed by atoms with van der Waals surface area (Å²) in [6.07, 6.45) is 0. The van der Waals surface area contributed by atoms with Crippen LogP contribution in [0.1, 0.15) is 11.1 Å². The second kappa shape index (κ2) is 4.56. The Morgan fingerprint density at radius 1 is 1.20 bits per heavy atom. The van der Waals surface area contributed by atoms with E-state index in [1.54, 1.807) is 0 Å². The van der Waals surface area contributed by atoms with Gasteiger partial charge >= 0.3 is 23.1 Å². The quantitative estimate of drug-likeness (QED) is 0.493. The summed E-state index contributed by atoms with van der Waals surface area (Å²) in [7, 11) is 0. The molecule has 0 spiro atoms. The van der Waals surface area contributed by atoms with Crippen LogP contribution >= 0.6 is 22.6 Å². The van der Waals surface area contributed by atoms with Crippen molar-refractivity contribution in [3.63, 3.8) is 0 Å². The van der Waals surface area contributed by atoms with Crippen LogP contribution in [0.25, 0.3) is 0 Å². The predicted molar refractivity (Wildman–Crippen MR) is 57.2 cm³/mol. The van der Waals surface area contributed by atoms with Gasteiger partial charge in [-0.2, -0.15) is 0 Å². The summed E-state index contributed by atoms with van der Waals surface area (Å²) in [6.45, 7) is 4.29. The van der Waals surface area contributed by atoms with E-state index in [4.69, 9.17) is 0 Å². The molecule has 0 saturated carbocycles. The third kappa shape index (κ3) is 2.40. The minimum absolute atomic E-state index is 0. The molecule has 0 N–H and O–H groups in total. The molecular weight excluding hydrogens is 247 g/mol. The normalized spacial score (nSPS) is 8.70. The molecule has 52 valence electrons. The van der Waals surface area contributed by atoms with Crippen LogP contribution in [0.3, 0.4) is 0 Å². The molecule has 1 aromatic carbocycles. The number of benzene rings is 1. The molecule has 0 aliphatic heterocycles. The Hall–Kier alpha value is 0.716. The molecule has 2 heteroatoms. The first kappa shape index (κ1) is 10.7. The van der Waals surface area contributed by atoms with Crippen molar-refractivity contribution in [3.8, 4) is 0 Å². The van der Waals surface area contributed by atoms with Crippen LogP contribution < -0.4 is 0 Å². The maximum Gasteiger partial charge on any atom is 0.316 e. The maximum absolute atomic E-state index is 2.35. The van der Waals surface area contributed by atoms with Gasteiger partial charge < -0.3 is 0 Å². The van der Waals surface area contributed by atoms with E-state index < -0.39 is 0 Å². The van der Waals surface area contributed by atoms with Gasteiger partial charge in [-0.1, -0.05) is 12.1 Å². The minimum atomic E-state index is 0. The van der Waals surface area contributed by atoms with E-state index in [2.05, 4.69) is 54.6 Å². The van der Waals surface area contributed by atoms with Crippen LogP contribution in [0.2, 0.25) is 0 Å². The Bertz CT molecular complexity index is 200. The van der Waals surface area contributed by atoms with Gasteiger partial charge in [0, 0.05) is 3.57 Å². The lowest BCUT2D eigenvalue weighted by atomic mass is 10.1. The van der Waals surface area contributed by atoms with Gasteiger partial charge in [0.05, 0.1) is 0 Å². The summed E-state index contributed by atoms with van der Waals surface area (Å²) in [4.78, 5) is 0. The van der Waals surface area contributed by atoms with Crippen molar-refractivity contribution in [2.24, 2.45) is 0 Å². The highest BCUT2D eigenvalue weighted by Crippen LogP contribution is 2.13. The fourth-order valence-corrected chi connectivity index (χ4v) is 1.35. The van der Waals surface area contributed by atoms with Crippen molar-refractivity contribution in [3.05, 3.63) is 32.9 Å². The van der Waals surface area contributed by atoms with Gasteiger partial charge in [-0.3, -0.25) is 0 Å². The number of aryl methyl sites for hydroxylation is 1. The SMILES string of the molecule is Cc1cccc(I)c1C.[MgH2]. The Morgan fingerprint density at radius 3 is 2.20 bits per heavy atom. The van der Waals surface area contributed by atoms with E-state index in [0.29, 0.717) is 0 Å². The summed E-state index contributed by atoms with van der Waals surface area (Å²) in [6, 6.07) is 6.35. The Morgan fingerprint density at radius 2 is 1.80 bits per heavy atom. The lowest BCUT2D eigenvalue weighted by Crippen LogP contribution is -1.82. The molecule has 0 bridgehead atoms. The van der Waals surface area contributed by atoms with Gasteiger partial charge in [0.1, 0.15) is 0 Å². The third-order valence-electron chi connectivity index (χ3n) is 1.54. The van der Waals surface area contributed by atoms with Gasteiger partial charge in [0.15, 0.2) is 0 Å². The highest BCUT2D eigenvalue weighted by molar-refractivity contribution is 14.1. The Balaban J connectivity index is 0.000000810. The van der Waals surface area contributed by atoms with E-state index in [9.17, 15) is 0 Å². The molecule has 0 fully saturated rings. The van der Waals surface area contributed by atoms with E-state index in [1.165, 1.54) is 14.7 Å². The van der Waals surface area contributed by atoms with Crippen LogP contribution in [0.5, 0.6) is 0 Å². The Kier molecular flexibility index (Phi) is 4.89. The molecule has 0 aliphatic carbocycles. The standard InChI is InChI=1S/C8H9I.Mg.2H/c1-6-4-3-5-8(9)7(6)2;;;/h3-5H,1-2H3;;;. The topological polar surface area (TPSA) is 0 Å². The molecule has 0 saturated heterocycles. The summed E-state index contributed by atoms with van der Waals surface area (Å²) < 4.78 is 1.35. The van der Waals surface area contributed by atoms with Crippen LogP contribution in [0.15, 0.2) is 18.2 Å². The van der Waals surface area contributed by atoms with Gasteiger partial charge in [0.25, 0.3) is 0 Å². The number of hydrogen-bond donors (Lipinski definition) is 0. The maximum atomic E-state index is 2.35. The molecule has 1 rings (SSSR count). The molecule has 0 aliphatic rings.